The predicted octanol–water partition coefficient (Wildman–Crippen LogP) is 2.39. The lowest BCUT2D eigenvalue weighted by molar-refractivity contribution is 0.175. The third-order valence-electron chi connectivity index (χ3n) is 3.90. The highest BCUT2D eigenvalue weighted by atomic mass is 15.2. The Labute approximate surface area is 116 Å². The third-order valence-corrected chi connectivity index (χ3v) is 3.90. The van der Waals surface area contributed by atoms with Gasteiger partial charge in [0.15, 0.2) is 0 Å². The molecule has 102 valence electrons. The molecule has 1 aliphatic heterocycles. The number of hydrogen-bond acceptors (Lipinski definition) is 3. The van der Waals surface area contributed by atoms with Crippen LogP contribution >= 0.6 is 0 Å². The van der Waals surface area contributed by atoms with Gasteiger partial charge in [-0.15, -0.1) is 0 Å². The van der Waals surface area contributed by atoms with Crippen LogP contribution < -0.4 is 5.32 Å². The van der Waals surface area contributed by atoms with Crippen LogP contribution in [0, 0.1) is 11.3 Å². The molecule has 1 aliphatic carbocycles. The summed E-state index contributed by atoms with van der Waals surface area (Å²) in [5, 5.41) is 11.7. The van der Waals surface area contributed by atoms with E-state index in [1.165, 1.54) is 51.9 Å². The lowest BCUT2D eigenvalue weighted by Gasteiger charge is -2.32. The number of rotatable bonds is 1. The summed E-state index contributed by atoms with van der Waals surface area (Å²) in [6.07, 6.45) is 5.85. The number of piperazine rings is 1. The van der Waals surface area contributed by atoms with E-state index in [1.807, 2.05) is 24.3 Å². The van der Waals surface area contributed by atoms with Gasteiger partial charge < -0.3 is 5.32 Å². The standard InChI is InChI=1S/C9H18N2.C7H5N/c1-2-4-9(3-1)11-7-5-10-6-8-11;8-6-7-4-2-1-3-5-7/h9-10H,1-8H2;1-5H. The second kappa shape index (κ2) is 7.93. The highest BCUT2D eigenvalue weighted by Crippen LogP contribution is 2.23. The van der Waals surface area contributed by atoms with E-state index >= 15 is 0 Å². The van der Waals surface area contributed by atoms with Crippen molar-refractivity contribution in [3.8, 4) is 6.07 Å². The summed E-state index contributed by atoms with van der Waals surface area (Å²) in [5.41, 5.74) is 0.715. The molecule has 2 fully saturated rings. The molecule has 0 aromatic heterocycles. The normalized spacial score (nSPS) is 20.4. The number of hydrogen-bond donors (Lipinski definition) is 1. The average molecular weight is 257 g/mol. The Hall–Kier alpha value is -1.37. The molecule has 0 amide bonds. The van der Waals surface area contributed by atoms with Crippen molar-refractivity contribution >= 4 is 0 Å². The maximum Gasteiger partial charge on any atom is 0.0991 e. The van der Waals surface area contributed by atoms with E-state index in [9.17, 15) is 0 Å². The van der Waals surface area contributed by atoms with E-state index in [0.717, 1.165) is 6.04 Å². The molecule has 1 saturated carbocycles. The summed E-state index contributed by atoms with van der Waals surface area (Å²) >= 11 is 0. The molecule has 0 radical (unpaired) electrons. The molecule has 19 heavy (non-hydrogen) atoms. The number of nitriles is 1. The van der Waals surface area contributed by atoms with Crippen LogP contribution in [0.5, 0.6) is 0 Å². The fourth-order valence-electron chi connectivity index (χ4n) is 2.83. The molecule has 3 heteroatoms. The molecule has 0 atom stereocenters. The molecule has 0 spiro atoms. The molecular weight excluding hydrogens is 234 g/mol. The van der Waals surface area contributed by atoms with Gasteiger partial charge in [-0.25, -0.2) is 0 Å². The van der Waals surface area contributed by atoms with Gasteiger partial charge in [0.05, 0.1) is 11.6 Å². The second-order valence-corrected chi connectivity index (χ2v) is 5.20. The Morgan fingerprint density at radius 1 is 1.05 bits per heavy atom. The van der Waals surface area contributed by atoms with Crippen molar-refractivity contribution < 1.29 is 0 Å². The van der Waals surface area contributed by atoms with Crippen LogP contribution in [0.1, 0.15) is 31.2 Å². The van der Waals surface area contributed by atoms with E-state index in [0.29, 0.717) is 5.56 Å². The van der Waals surface area contributed by atoms with Gasteiger partial charge in [-0.1, -0.05) is 31.0 Å². The number of nitrogens with zero attached hydrogens (tertiary/aromatic N) is 2. The minimum atomic E-state index is 0.715. The SMILES string of the molecule is C1CCC(N2CCNCC2)C1.N#Cc1ccccc1. The molecule has 1 saturated heterocycles. The van der Waals surface area contributed by atoms with Crippen LogP contribution in [0.15, 0.2) is 30.3 Å². The average Bonchev–Trinajstić information content (AvgIpc) is 3.04. The van der Waals surface area contributed by atoms with E-state index in [-0.39, 0.29) is 0 Å². The summed E-state index contributed by atoms with van der Waals surface area (Å²) in [6.45, 7) is 4.97. The van der Waals surface area contributed by atoms with Crippen molar-refractivity contribution in [1.82, 2.24) is 10.2 Å². The maximum atomic E-state index is 8.29. The predicted molar refractivity (Wildman–Crippen MR) is 77.9 cm³/mol. The quantitative estimate of drug-likeness (QED) is 0.839. The molecule has 3 nitrogen and oxygen atoms in total. The zero-order chi connectivity index (χ0) is 13.3. The first kappa shape index (κ1) is 14.0. The fourth-order valence-corrected chi connectivity index (χ4v) is 2.83. The molecular formula is C16H23N3. The van der Waals surface area contributed by atoms with E-state index < -0.39 is 0 Å². The van der Waals surface area contributed by atoms with E-state index in [1.54, 1.807) is 12.1 Å². The first-order chi connectivity index (χ1) is 9.40. The van der Waals surface area contributed by atoms with Gasteiger partial charge in [-0.3, -0.25) is 4.90 Å². The van der Waals surface area contributed by atoms with Crippen LogP contribution in [-0.2, 0) is 0 Å². The fraction of sp³-hybridized carbons (Fsp3) is 0.562. The molecule has 1 heterocycles. The Kier molecular flexibility index (Phi) is 5.87. The molecule has 1 aromatic rings. The summed E-state index contributed by atoms with van der Waals surface area (Å²) in [6, 6.07) is 12.1. The lowest BCUT2D eigenvalue weighted by Crippen LogP contribution is -2.47. The zero-order valence-electron chi connectivity index (χ0n) is 11.5. The summed E-state index contributed by atoms with van der Waals surface area (Å²) in [7, 11) is 0. The van der Waals surface area contributed by atoms with Crippen LogP contribution in [-0.4, -0.2) is 37.1 Å². The number of nitrogens with one attached hydrogen (secondary N) is 1. The molecule has 3 rings (SSSR count). The lowest BCUT2D eigenvalue weighted by atomic mass is 10.2. The van der Waals surface area contributed by atoms with Crippen LogP contribution in [0.4, 0.5) is 0 Å². The summed E-state index contributed by atoms with van der Waals surface area (Å²) < 4.78 is 0. The summed E-state index contributed by atoms with van der Waals surface area (Å²) in [4.78, 5) is 2.67. The maximum absolute atomic E-state index is 8.29. The molecule has 1 aromatic carbocycles. The minimum absolute atomic E-state index is 0.715. The van der Waals surface area contributed by atoms with Crippen molar-refractivity contribution in [3.63, 3.8) is 0 Å². The Bertz CT molecular complexity index is 384. The Morgan fingerprint density at radius 3 is 2.21 bits per heavy atom. The van der Waals surface area contributed by atoms with E-state index in [2.05, 4.69) is 10.2 Å². The van der Waals surface area contributed by atoms with Crippen molar-refractivity contribution in [2.75, 3.05) is 26.2 Å². The van der Waals surface area contributed by atoms with Crippen molar-refractivity contribution in [3.05, 3.63) is 35.9 Å². The van der Waals surface area contributed by atoms with Gasteiger partial charge in [0.25, 0.3) is 0 Å². The van der Waals surface area contributed by atoms with E-state index in [4.69, 9.17) is 5.26 Å². The molecule has 0 unspecified atom stereocenters. The highest BCUT2D eigenvalue weighted by molar-refractivity contribution is 5.27. The van der Waals surface area contributed by atoms with Crippen molar-refractivity contribution in [2.45, 2.75) is 31.7 Å². The van der Waals surface area contributed by atoms with Gasteiger partial charge in [0.2, 0.25) is 0 Å². The van der Waals surface area contributed by atoms with Crippen LogP contribution in [0.2, 0.25) is 0 Å². The third kappa shape index (κ3) is 4.66. The largest absolute Gasteiger partial charge is 0.314 e. The Balaban J connectivity index is 0.000000148. The van der Waals surface area contributed by atoms with Crippen LogP contribution in [0.25, 0.3) is 0 Å². The first-order valence-corrected chi connectivity index (χ1v) is 7.30. The Morgan fingerprint density at radius 2 is 1.68 bits per heavy atom. The van der Waals surface area contributed by atoms with Gasteiger partial charge in [-0.2, -0.15) is 5.26 Å². The monoisotopic (exact) mass is 257 g/mol. The van der Waals surface area contributed by atoms with Gasteiger partial charge in [0, 0.05) is 32.2 Å². The molecule has 2 aliphatic rings. The molecule has 0 bridgehead atoms. The zero-order valence-corrected chi connectivity index (χ0v) is 11.5. The minimum Gasteiger partial charge on any atom is -0.314 e. The first-order valence-electron chi connectivity index (χ1n) is 7.30. The number of benzene rings is 1. The van der Waals surface area contributed by atoms with Gasteiger partial charge in [0.1, 0.15) is 0 Å². The molecule has 1 N–H and O–H groups in total. The van der Waals surface area contributed by atoms with Crippen molar-refractivity contribution in [1.29, 1.82) is 5.26 Å². The second-order valence-electron chi connectivity index (χ2n) is 5.20. The van der Waals surface area contributed by atoms with Gasteiger partial charge in [-0.05, 0) is 25.0 Å². The smallest absolute Gasteiger partial charge is 0.0991 e. The van der Waals surface area contributed by atoms with Crippen LogP contribution in [0.3, 0.4) is 0 Å². The topological polar surface area (TPSA) is 39.1 Å². The van der Waals surface area contributed by atoms with Gasteiger partial charge >= 0.3 is 0 Å². The highest BCUT2D eigenvalue weighted by Gasteiger charge is 2.22. The van der Waals surface area contributed by atoms with Crippen molar-refractivity contribution in [2.24, 2.45) is 0 Å². The summed E-state index contributed by atoms with van der Waals surface area (Å²) in [5.74, 6) is 0.